The lowest BCUT2D eigenvalue weighted by Gasteiger charge is -2.32. The molecule has 21 heavy (non-hydrogen) atoms. The molecular weight excluding hydrogens is 286 g/mol. The topological polar surface area (TPSA) is 71.0 Å². The van der Waals surface area contributed by atoms with Gasteiger partial charge < -0.3 is 10.2 Å². The van der Waals surface area contributed by atoms with Crippen LogP contribution in [0.1, 0.15) is 25.6 Å². The van der Waals surface area contributed by atoms with E-state index in [4.69, 9.17) is 0 Å². The van der Waals surface area contributed by atoms with Crippen LogP contribution >= 0.6 is 11.5 Å². The largest absolute Gasteiger partial charge is 0.348 e. The van der Waals surface area contributed by atoms with Crippen LogP contribution in [0.15, 0.2) is 24.5 Å². The first-order valence-corrected chi connectivity index (χ1v) is 7.86. The molecule has 7 heteroatoms. The minimum atomic E-state index is -0.239. The lowest BCUT2D eigenvalue weighted by atomic mass is 10.0. The maximum atomic E-state index is 12.6. The zero-order valence-electron chi connectivity index (χ0n) is 11.8. The van der Waals surface area contributed by atoms with Crippen molar-refractivity contribution in [2.45, 2.75) is 32.2 Å². The summed E-state index contributed by atoms with van der Waals surface area (Å²) >= 11 is 1.31. The maximum Gasteiger partial charge on any atom is 0.249 e. The Hall–Kier alpha value is -2.02. The van der Waals surface area contributed by atoms with Crippen molar-refractivity contribution in [1.29, 1.82) is 0 Å². The van der Waals surface area contributed by atoms with Crippen molar-refractivity contribution in [3.63, 3.8) is 0 Å². The van der Waals surface area contributed by atoms with E-state index in [2.05, 4.69) is 19.7 Å². The van der Waals surface area contributed by atoms with Crippen LogP contribution in [-0.2, 0) is 11.2 Å². The van der Waals surface area contributed by atoms with Gasteiger partial charge in [0.05, 0.1) is 11.9 Å². The number of nitrogens with one attached hydrogen (secondary N) is 1. The highest BCUT2D eigenvalue weighted by atomic mass is 32.1. The van der Waals surface area contributed by atoms with Gasteiger partial charge in [-0.25, -0.2) is 4.98 Å². The second kappa shape index (κ2) is 6.17. The number of aromatic nitrogens is 3. The zero-order chi connectivity index (χ0) is 14.7. The molecule has 0 aliphatic carbocycles. The van der Waals surface area contributed by atoms with Crippen LogP contribution in [0.4, 0.5) is 10.8 Å². The van der Waals surface area contributed by atoms with Crippen LogP contribution < -0.4 is 10.2 Å². The van der Waals surface area contributed by atoms with Gasteiger partial charge in [0.15, 0.2) is 0 Å². The number of hydrogen-bond donors (Lipinski definition) is 1. The van der Waals surface area contributed by atoms with Gasteiger partial charge in [0.25, 0.3) is 0 Å². The molecule has 1 aliphatic rings. The third kappa shape index (κ3) is 3.02. The van der Waals surface area contributed by atoms with Crippen LogP contribution in [0.3, 0.4) is 0 Å². The van der Waals surface area contributed by atoms with Crippen LogP contribution in [0.25, 0.3) is 0 Å². The first kappa shape index (κ1) is 13.9. The van der Waals surface area contributed by atoms with Gasteiger partial charge in [-0.3, -0.25) is 9.78 Å². The summed E-state index contributed by atoms with van der Waals surface area (Å²) in [5, 5.41) is 3.94. The number of piperidine rings is 1. The summed E-state index contributed by atoms with van der Waals surface area (Å²) in [5.41, 5.74) is 0.848. The van der Waals surface area contributed by atoms with Crippen LogP contribution in [0.5, 0.6) is 0 Å². The second-order valence-electron chi connectivity index (χ2n) is 4.91. The van der Waals surface area contributed by atoms with Crippen molar-refractivity contribution in [3.8, 4) is 0 Å². The van der Waals surface area contributed by atoms with E-state index >= 15 is 0 Å². The van der Waals surface area contributed by atoms with Crippen molar-refractivity contribution >= 4 is 28.3 Å². The number of anilines is 2. The average molecular weight is 303 g/mol. The van der Waals surface area contributed by atoms with E-state index in [9.17, 15) is 4.79 Å². The number of hydrogen-bond acceptors (Lipinski definition) is 6. The van der Waals surface area contributed by atoms with Crippen LogP contribution in [-0.4, -0.2) is 32.8 Å². The highest BCUT2D eigenvalue weighted by Crippen LogP contribution is 2.23. The van der Waals surface area contributed by atoms with E-state index < -0.39 is 0 Å². The first-order chi connectivity index (χ1) is 10.3. The molecule has 1 atom stereocenters. The monoisotopic (exact) mass is 303 g/mol. The molecule has 0 spiro atoms. The summed E-state index contributed by atoms with van der Waals surface area (Å²) in [6.07, 6.45) is 6.01. The number of amides is 1. The summed E-state index contributed by atoms with van der Waals surface area (Å²) in [6.45, 7) is 2.75. The Balaban J connectivity index is 1.73. The standard InChI is InChI=1S/C14H17N5OS/c1-2-12-17-14(21-18-12)16-11-6-4-8-19(13(11)20)10-5-3-7-15-9-10/h3,5,7,9,11H,2,4,6,8H2,1H3,(H,16,17,18). The molecule has 0 aromatic carbocycles. The maximum absolute atomic E-state index is 12.6. The normalized spacial score (nSPS) is 18.8. The Morgan fingerprint density at radius 1 is 1.52 bits per heavy atom. The molecular formula is C14H17N5OS. The molecule has 6 nitrogen and oxygen atoms in total. The van der Waals surface area contributed by atoms with E-state index in [1.165, 1.54) is 11.5 Å². The molecule has 2 aromatic rings. The fourth-order valence-corrected chi connectivity index (χ4v) is 3.09. The molecule has 1 amide bonds. The van der Waals surface area contributed by atoms with E-state index in [0.717, 1.165) is 42.5 Å². The predicted molar refractivity (Wildman–Crippen MR) is 82.5 cm³/mol. The minimum absolute atomic E-state index is 0.0718. The Labute approximate surface area is 127 Å². The molecule has 0 saturated carbocycles. The number of carbonyl (C=O) groups excluding carboxylic acids is 1. The van der Waals surface area contributed by atoms with E-state index in [0.29, 0.717) is 0 Å². The average Bonchev–Trinajstić information content (AvgIpc) is 2.98. The van der Waals surface area contributed by atoms with E-state index in [1.807, 2.05) is 19.1 Å². The van der Waals surface area contributed by atoms with Crippen molar-refractivity contribution in [2.75, 3.05) is 16.8 Å². The Morgan fingerprint density at radius 3 is 3.14 bits per heavy atom. The fraction of sp³-hybridized carbons (Fsp3) is 0.429. The molecule has 1 unspecified atom stereocenters. The lowest BCUT2D eigenvalue weighted by molar-refractivity contribution is -0.120. The van der Waals surface area contributed by atoms with Gasteiger partial charge in [-0.1, -0.05) is 6.92 Å². The molecule has 1 fully saturated rings. The van der Waals surface area contributed by atoms with Crippen molar-refractivity contribution in [2.24, 2.45) is 0 Å². The van der Waals surface area contributed by atoms with Gasteiger partial charge in [-0.15, -0.1) is 0 Å². The molecule has 1 saturated heterocycles. The number of aryl methyl sites for hydroxylation is 1. The predicted octanol–water partition coefficient (Wildman–Crippen LogP) is 2.10. The highest BCUT2D eigenvalue weighted by Gasteiger charge is 2.30. The van der Waals surface area contributed by atoms with Crippen molar-refractivity contribution in [3.05, 3.63) is 30.4 Å². The SMILES string of the molecule is CCc1nsc(NC2CCCN(c3cccnc3)C2=O)n1. The van der Waals surface area contributed by atoms with Gasteiger partial charge in [0, 0.05) is 30.7 Å². The molecule has 0 bridgehead atoms. The summed E-state index contributed by atoms with van der Waals surface area (Å²) < 4.78 is 4.24. The van der Waals surface area contributed by atoms with E-state index in [1.54, 1.807) is 17.3 Å². The molecule has 1 N–H and O–H groups in total. The third-order valence-electron chi connectivity index (χ3n) is 3.48. The third-order valence-corrected chi connectivity index (χ3v) is 4.16. The highest BCUT2D eigenvalue weighted by molar-refractivity contribution is 7.09. The number of nitrogens with zero attached hydrogens (tertiary/aromatic N) is 4. The Morgan fingerprint density at radius 2 is 2.43 bits per heavy atom. The molecule has 110 valence electrons. The molecule has 1 aliphatic heterocycles. The van der Waals surface area contributed by atoms with Gasteiger partial charge in [0.2, 0.25) is 11.0 Å². The quantitative estimate of drug-likeness (QED) is 0.936. The summed E-state index contributed by atoms with van der Waals surface area (Å²) in [4.78, 5) is 22.8. The summed E-state index contributed by atoms with van der Waals surface area (Å²) in [7, 11) is 0. The Kier molecular flexibility index (Phi) is 4.10. The number of rotatable bonds is 4. The van der Waals surface area contributed by atoms with Gasteiger partial charge >= 0.3 is 0 Å². The first-order valence-electron chi connectivity index (χ1n) is 7.08. The van der Waals surface area contributed by atoms with Crippen molar-refractivity contribution < 1.29 is 4.79 Å². The fourth-order valence-electron chi connectivity index (χ4n) is 2.38. The van der Waals surface area contributed by atoms with Gasteiger partial charge in [0.1, 0.15) is 11.9 Å². The zero-order valence-corrected chi connectivity index (χ0v) is 12.6. The molecule has 3 rings (SSSR count). The number of carbonyl (C=O) groups is 1. The molecule has 3 heterocycles. The smallest absolute Gasteiger partial charge is 0.249 e. The second-order valence-corrected chi connectivity index (χ2v) is 5.66. The van der Waals surface area contributed by atoms with E-state index in [-0.39, 0.29) is 11.9 Å². The minimum Gasteiger partial charge on any atom is -0.348 e. The van der Waals surface area contributed by atoms with Crippen LogP contribution in [0, 0.1) is 0 Å². The van der Waals surface area contributed by atoms with Crippen LogP contribution in [0.2, 0.25) is 0 Å². The summed E-state index contributed by atoms with van der Waals surface area (Å²) in [5.74, 6) is 0.886. The van der Waals surface area contributed by atoms with Crippen molar-refractivity contribution in [1.82, 2.24) is 14.3 Å². The number of pyridine rings is 1. The van der Waals surface area contributed by atoms with Gasteiger partial charge in [-0.05, 0) is 25.0 Å². The lowest BCUT2D eigenvalue weighted by Crippen LogP contribution is -2.47. The van der Waals surface area contributed by atoms with Gasteiger partial charge in [-0.2, -0.15) is 4.37 Å². The summed E-state index contributed by atoms with van der Waals surface area (Å²) in [6, 6.07) is 3.52. The molecule has 2 aromatic heterocycles. The molecule has 0 radical (unpaired) electrons. The Bertz CT molecular complexity index is 615.